The van der Waals surface area contributed by atoms with Crippen molar-refractivity contribution in [2.75, 3.05) is 13.6 Å². The Kier molecular flexibility index (Phi) is 4.86. The lowest BCUT2D eigenvalue weighted by Gasteiger charge is -2.16. The molecule has 0 fully saturated rings. The summed E-state index contributed by atoms with van der Waals surface area (Å²) >= 11 is 3.45. The van der Waals surface area contributed by atoms with E-state index in [0.717, 1.165) is 17.6 Å². The van der Waals surface area contributed by atoms with Gasteiger partial charge in [-0.3, -0.25) is 4.68 Å². The van der Waals surface area contributed by atoms with Gasteiger partial charge in [0.2, 0.25) is 0 Å². The lowest BCUT2D eigenvalue weighted by atomic mass is 10.2. The number of hydrogen-bond acceptors (Lipinski definition) is 4. The van der Waals surface area contributed by atoms with Crippen LogP contribution < -0.4 is 0 Å². The number of hydrogen-bond donors (Lipinski definition) is 1. The van der Waals surface area contributed by atoms with Crippen LogP contribution in [0.25, 0.3) is 0 Å². The molecule has 2 rings (SSSR count). The highest BCUT2D eigenvalue weighted by atomic mass is 79.9. The van der Waals surface area contributed by atoms with Gasteiger partial charge < -0.3 is 10.0 Å². The van der Waals surface area contributed by atoms with Gasteiger partial charge in [0.05, 0.1) is 12.7 Å². The van der Waals surface area contributed by atoms with Crippen LogP contribution in [0.4, 0.5) is 0 Å². The molecule has 0 saturated carbocycles. The summed E-state index contributed by atoms with van der Waals surface area (Å²) in [5.74, 6) is -1.06. The number of halogens is 1. The first-order chi connectivity index (χ1) is 9.54. The van der Waals surface area contributed by atoms with Crippen molar-refractivity contribution in [2.45, 2.75) is 13.1 Å². The summed E-state index contributed by atoms with van der Waals surface area (Å²) in [6.45, 7) is 2.18. The molecule has 1 heterocycles. The second kappa shape index (κ2) is 6.62. The van der Waals surface area contributed by atoms with Gasteiger partial charge in [0.1, 0.15) is 0 Å². The second-order valence-electron chi connectivity index (χ2n) is 4.54. The van der Waals surface area contributed by atoms with Gasteiger partial charge >= 0.3 is 5.97 Å². The first-order valence-electron chi connectivity index (χ1n) is 6.11. The number of carbonyl (C=O) groups is 1. The van der Waals surface area contributed by atoms with Crippen LogP contribution in [0.5, 0.6) is 0 Å². The first kappa shape index (κ1) is 14.7. The normalized spacial score (nSPS) is 10.9. The molecule has 0 bridgehead atoms. The van der Waals surface area contributed by atoms with Gasteiger partial charge in [-0.25, -0.2) is 4.79 Å². The minimum Gasteiger partial charge on any atom is -0.476 e. The second-order valence-corrected chi connectivity index (χ2v) is 5.46. The molecule has 1 aromatic carbocycles. The minimum absolute atomic E-state index is 0.0281. The molecule has 0 spiro atoms. The molecule has 2 aromatic rings. The Balaban J connectivity index is 1.85. The summed E-state index contributed by atoms with van der Waals surface area (Å²) < 4.78 is 2.60. The lowest BCUT2D eigenvalue weighted by molar-refractivity contribution is 0.0690. The maximum absolute atomic E-state index is 10.7. The molecule has 1 N–H and O–H groups in total. The van der Waals surface area contributed by atoms with E-state index in [0.29, 0.717) is 6.54 Å². The molecule has 7 heteroatoms. The quantitative estimate of drug-likeness (QED) is 0.870. The Morgan fingerprint density at radius 1 is 1.50 bits per heavy atom. The van der Waals surface area contributed by atoms with Crippen molar-refractivity contribution in [3.8, 4) is 0 Å². The van der Waals surface area contributed by atoms with Gasteiger partial charge in [-0.15, -0.1) is 5.10 Å². The summed E-state index contributed by atoms with van der Waals surface area (Å²) in [5, 5.41) is 16.1. The number of rotatable bonds is 6. The predicted molar refractivity (Wildman–Crippen MR) is 77.5 cm³/mol. The Morgan fingerprint density at radius 3 is 2.95 bits per heavy atom. The van der Waals surface area contributed by atoms with Crippen molar-refractivity contribution in [3.05, 3.63) is 46.2 Å². The van der Waals surface area contributed by atoms with Gasteiger partial charge in [0, 0.05) is 17.6 Å². The van der Waals surface area contributed by atoms with E-state index in [-0.39, 0.29) is 5.69 Å². The molecule has 20 heavy (non-hydrogen) atoms. The zero-order valence-corrected chi connectivity index (χ0v) is 12.6. The molecule has 0 amide bonds. The maximum atomic E-state index is 10.7. The van der Waals surface area contributed by atoms with Crippen LogP contribution in [-0.2, 0) is 13.1 Å². The van der Waals surface area contributed by atoms with Gasteiger partial charge in [0.15, 0.2) is 5.69 Å². The zero-order valence-electron chi connectivity index (χ0n) is 11.0. The van der Waals surface area contributed by atoms with Gasteiger partial charge in [-0.1, -0.05) is 33.3 Å². The number of nitrogens with zero attached hydrogens (tertiary/aromatic N) is 4. The molecule has 0 atom stereocenters. The van der Waals surface area contributed by atoms with E-state index in [2.05, 4.69) is 43.3 Å². The average Bonchev–Trinajstić information content (AvgIpc) is 2.85. The van der Waals surface area contributed by atoms with E-state index >= 15 is 0 Å². The fourth-order valence-corrected chi connectivity index (χ4v) is 2.25. The van der Waals surface area contributed by atoms with Crippen molar-refractivity contribution >= 4 is 21.9 Å². The van der Waals surface area contributed by atoms with Crippen molar-refractivity contribution in [1.82, 2.24) is 19.9 Å². The molecular formula is C13H15BrN4O2. The monoisotopic (exact) mass is 338 g/mol. The number of aromatic nitrogens is 3. The van der Waals surface area contributed by atoms with Crippen LogP contribution in [0.15, 0.2) is 34.9 Å². The van der Waals surface area contributed by atoms with E-state index in [1.807, 2.05) is 19.2 Å². The van der Waals surface area contributed by atoms with E-state index in [1.165, 1.54) is 11.8 Å². The van der Waals surface area contributed by atoms with Crippen LogP contribution in [0, 0.1) is 0 Å². The molecule has 106 valence electrons. The molecule has 0 radical (unpaired) electrons. The highest BCUT2D eigenvalue weighted by molar-refractivity contribution is 9.10. The lowest BCUT2D eigenvalue weighted by Crippen LogP contribution is -2.23. The van der Waals surface area contributed by atoms with E-state index in [9.17, 15) is 4.79 Å². The van der Waals surface area contributed by atoms with Crippen LogP contribution in [0.2, 0.25) is 0 Å². The topological polar surface area (TPSA) is 71.2 Å². The molecular weight excluding hydrogens is 324 g/mol. The summed E-state index contributed by atoms with van der Waals surface area (Å²) in [7, 11) is 2.01. The van der Waals surface area contributed by atoms with Gasteiger partial charge in [-0.2, -0.15) is 0 Å². The highest BCUT2D eigenvalue weighted by Crippen LogP contribution is 2.12. The number of aromatic carboxylic acids is 1. The van der Waals surface area contributed by atoms with Crippen molar-refractivity contribution in [1.29, 1.82) is 0 Å². The van der Waals surface area contributed by atoms with E-state index in [4.69, 9.17) is 5.11 Å². The summed E-state index contributed by atoms with van der Waals surface area (Å²) in [5.41, 5.74) is 1.19. The third kappa shape index (κ3) is 4.14. The van der Waals surface area contributed by atoms with E-state index in [1.54, 1.807) is 4.68 Å². The van der Waals surface area contributed by atoms with Crippen LogP contribution in [-0.4, -0.2) is 44.6 Å². The first-order valence-corrected chi connectivity index (χ1v) is 6.90. The van der Waals surface area contributed by atoms with Crippen LogP contribution in [0.3, 0.4) is 0 Å². The van der Waals surface area contributed by atoms with Gasteiger partial charge in [0.25, 0.3) is 0 Å². The largest absolute Gasteiger partial charge is 0.476 e. The molecule has 0 unspecified atom stereocenters. The Bertz CT molecular complexity index is 600. The molecule has 1 aromatic heterocycles. The zero-order chi connectivity index (χ0) is 14.5. The smallest absolute Gasteiger partial charge is 0.358 e. The average molecular weight is 339 g/mol. The third-order valence-electron chi connectivity index (χ3n) is 2.81. The molecule has 0 aliphatic carbocycles. The Labute approximate surface area is 125 Å². The molecule has 0 aliphatic rings. The molecule has 0 aliphatic heterocycles. The van der Waals surface area contributed by atoms with E-state index < -0.39 is 5.97 Å². The number of benzene rings is 1. The molecule has 0 saturated heterocycles. The summed E-state index contributed by atoms with van der Waals surface area (Å²) in [6.07, 6.45) is 1.44. The predicted octanol–water partition coefficient (Wildman–Crippen LogP) is 1.87. The highest BCUT2D eigenvalue weighted by Gasteiger charge is 2.08. The summed E-state index contributed by atoms with van der Waals surface area (Å²) in [6, 6.07) is 8.14. The number of carboxylic acid groups (broad SMARTS) is 1. The Morgan fingerprint density at radius 2 is 2.30 bits per heavy atom. The van der Waals surface area contributed by atoms with Crippen molar-refractivity contribution in [2.24, 2.45) is 0 Å². The van der Waals surface area contributed by atoms with Crippen molar-refractivity contribution in [3.63, 3.8) is 0 Å². The number of carboxylic acids is 1. The minimum atomic E-state index is -1.06. The van der Waals surface area contributed by atoms with Gasteiger partial charge in [-0.05, 0) is 24.7 Å². The summed E-state index contributed by atoms with van der Waals surface area (Å²) in [4.78, 5) is 12.8. The fourth-order valence-electron chi connectivity index (χ4n) is 1.80. The Hall–Kier alpha value is -1.73. The maximum Gasteiger partial charge on any atom is 0.358 e. The SMILES string of the molecule is CN(CCn1cc(C(=O)O)nn1)Cc1cccc(Br)c1. The number of likely N-dealkylation sites (N-methyl/N-ethyl adjacent to an activating group) is 1. The van der Waals surface area contributed by atoms with Crippen molar-refractivity contribution < 1.29 is 9.90 Å². The third-order valence-corrected chi connectivity index (χ3v) is 3.30. The standard InChI is InChI=1S/C13H15BrN4O2/c1-17(8-10-3-2-4-11(14)7-10)5-6-18-9-12(13(19)20)15-16-18/h2-4,7,9H,5-6,8H2,1H3,(H,19,20). The molecule has 6 nitrogen and oxygen atoms in total. The van der Waals surface area contributed by atoms with Crippen LogP contribution >= 0.6 is 15.9 Å². The van der Waals surface area contributed by atoms with Crippen LogP contribution in [0.1, 0.15) is 16.1 Å². The fraction of sp³-hybridized carbons (Fsp3) is 0.308.